The van der Waals surface area contributed by atoms with Crippen molar-refractivity contribution in [2.24, 2.45) is 5.41 Å². The first-order valence-corrected chi connectivity index (χ1v) is 10.0. The molecule has 0 rings (SSSR count). The minimum atomic E-state index is -4.11. The van der Waals surface area contributed by atoms with Crippen molar-refractivity contribution in [3.8, 4) is 0 Å². The van der Waals surface area contributed by atoms with Gasteiger partial charge in [-0.3, -0.25) is 9.59 Å². The molecule has 2 atom stereocenters. The molecule has 0 aliphatic heterocycles. The first-order valence-electron chi connectivity index (χ1n) is 8.47. The van der Waals surface area contributed by atoms with Crippen LogP contribution in [0.25, 0.3) is 0 Å². The summed E-state index contributed by atoms with van der Waals surface area (Å²) in [5, 5.41) is 12.0. The number of aliphatic carboxylic acids is 1. The number of amides is 1. The lowest BCUT2D eigenvalue weighted by atomic mass is 9.81. The molecule has 0 fully saturated rings. The van der Waals surface area contributed by atoms with Crippen LogP contribution in [0.4, 0.5) is 4.79 Å². The number of nitrogens with one attached hydrogen (secondary N) is 1. The van der Waals surface area contributed by atoms with E-state index in [2.05, 4.69) is 11.9 Å². The van der Waals surface area contributed by atoms with Crippen LogP contribution in [0.1, 0.15) is 61.3 Å². The number of alkyl carbamates (subject to hydrolysis) is 1. The van der Waals surface area contributed by atoms with E-state index in [0.717, 1.165) is 0 Å². The molecule has 1 amide bonds. The fourth-order valence-corrected chi connectivity index (χ4v) is 4.15. The second-order valence-electron chi connectivity index (χ2n) is 8.84. The summed E-state index contributed by atoms with van der Waals surface area (Å²) in [6, 6.07) is -1.57. The van der Waals surface area contributed by atoms with Crippen molar-refractivity contribution in [2.75, 3.05) is 0 Å². The molecule has 2 N–H and O–H groups in total. The van der Waals surface area contributed by atoms with Crippen LogP contribution in [-0.2, 0) is 24.2 Å². The number of sulfone groups is 1. The molecule has 0 saturated heterocycles. The van der Waals surface area contributed by atoms with Crippen molar-refractivity contribution in [2.45, 2.75) is 77.7 Å². The van der Waals surface area contributed by atoms with Gasteiger partial charge in [-0.2, -0.15) is 0 Å². The van der Waals surface area contributed by atoms with E-state index >= 15 is 0 Å². The molecule has 0 bridgehead atoms. The number of ether oxygens (including phenoxy) is 1. The van der Waals surface area contributed by atoms with Gasteiger partial charge in [0.25, 0.3) is 0 Å². The first-order chi connectivity index (χ1) is 11.8. The van der Waals surface area contributed by atoms with E-state index in [1.165, 1.54) is 6.92 Å². The van der Waals surface area contributed by atoms with Crippen molar-refractivity contribution >= 4 is 27.7 Å². The maximum Gasteiger partial charge on any atom is 0.408 e. The molecule has 0 aromatic carbocycles. The average Bonchev–Trinajstić information content (AvgIpc) is 2.41. The third-order valence-electron chi connectivity index (χ3n) is 3.62. The van der Waals surface area contributed by atoms with Crippen molar-refractivity contribution in [3.05, 3.63) is 12.0 Å². The highest BCUT2D eigenvalue weighted by Gasteiger charge is 2.50. The Morgan fingerprint density at radius 2 is 1.59 bits per heavy atom. The number of carboxylic acids is 1. The van der Waals surface area contributed by atoms with E-state index in [-0.39, 0.29) is 6.42 Å². The first kappa shape index (κ1) is 25.1. The standard InChI is InChI=1S/C18H31NO7S/c1-9-27(24,25)18(8,11-16(2,3)4)14(22)12(10-13(20)21)19-15(23)26-17(5,6)7/h9,12H,1,10-11H2,2-8H3,(H,19,23)(H,20,21)/t12-,18?/m0/s1. The Hall–Kier alpha value is -1.90. The minimum Gasteiger partial charge on any atom is -0.481 e. The van der Waals surface area contributed by atoms with Crippen molar-refractivity contribution in [1.82, 2.24) is 5.32 Å². The lowest BCUT2D eigenvalue weighted by Crippen LogP contribution is -2.56. The highest BCUT2D eigenvalue weighted by atomic mass is 32.2. The lowest BCUT2D eigenvalue weighted by Gasteiger charge is -2.35. The molecule has 8 nitrogen and oxygen atoms in total. The van der Waals surface area contributed by atoms with E-state index in [1.54, 1.807) is 41.5 Å². The highest BCUT2D eigenvalue weighted by molar-refractivity contribution is 7.96. The fourth-order valence-electron chi connectivity index (χ4n) is 2.73. The van der Waals surface area contributed by atoms with Gasteiger partial charge in [-0.15, -0.1) is 0 Å². The zero-order valence-corrected chi connectivity index (χ0v) is 17.9. The molecular formula is C18H31NO7S. The van der Waals surface area contributed by atoms with E-state index in [1.807, 2.05) is 0 Å². The molecule has 0 heterocycles. The molecule has 0 spiro atoms. The van der Waals surface area contributed by atoms with Gasteiger partial charge in [-0.25, -0.2) is 13.2 Å². The number of carboxylic acid groups (broad SMARTS) is 1. The lowest BCUT2D eigenvalue weighted by molar-refractivity contribution is -0.140. The van der Waals surface area contributed by atoms with Crippen LogP contribution < -0.4 is 5.32 Å². The molecule has 1 unspecified atom stereocenters. The second kappa shape index (κ2) is 8.41. The summed E-state index contributed by atoms with van der Waals surface area (Å²) in [7, 11) is -4.11. The molecule has 0 aromatic rings. The average molecular weight is 406 g/mol. The molecule has 156 valence electrons. The van der Waals surface area contributed by atoms with Crippen LogP contribution in [0.3, 0.4) is 0 Å². The van der Waals surface area contributed by atoms with Gasteiger partial charge >= 0.3 is 12.1 Å². The maximum absolute atomic E-state index is 13.1. The summed E-state index contributed by atoms with van der Waals surface area (Å²) < 4.78 is 28.3. The summed E-state index contributed by atoms with van der Waals surface area (Å²) >= 11 is 0. The summed E-state index contributed by atoms with van der Waals surface area (Å²) in [6.45, 7) is 14.6. The quantitative estimate of drug-likeness (QED) is 0.635. The zero-order chi connectivity index (χ0) is 21.8. The van der Waals surface area contributed by atoms with Crippen molar-refractivity contribution in [1.29, 1.82) is 0 Å². The van der Waals surface area contributed by atoms with Gasteiger partial charge in [0.05, 0.1) is 6.42 Å². The predicted octanol–water partition coefficient (Wildman–Crippen LogP) is 2.68. The zero-order valence-electron chi connectivity index (χ0n) is 17.1. The van der Waals surface area contributed by atoms with Crippen LogP contribution in [0, 0.1) is 5.41 Å². The van der Waals surface area contributed by atoms with Gasteiger partial charge in [0.1, 0.15) is 16.4 Å². The van der Waals surface area contributed by atoms with E-state index < -0.39 is 55.9 Å². The summed E-state index contributed by atoms with van der Waals surface area (Å²) in [4.78, 5) is 36.4. The topological polar surface area (TPSA) is 127 Å². The van der Waals surface area contributed by atoms with Crippen LogP contribution in [0.2, 0.25) is 0 Å². The van der Waals surface area contributed by atoms with E-state index in [0.29, 0.717) is 5.41 Å². The highest BCUT2D eigenvalue weighted by Crippen LogP contribution is 2.35. The van der Waals surface area contributed by atoms with Crippen molar-refractivity contribution < 1.29 is 32.6 Å². The third kappa shape index (κ3) is 7.70. The van der Waals surface area contributed by atoms with Crippen LogP contribution in [0.5, 0.6) is 0 Å². The van der Waals surface area contributed by atoms with Gasteiger partial charge in [-0.05, 0) is 39.5 Å². The van der Waals surface area contributed by atoms with Crippen molar-refractivity contribution in [3.63, 3.8) is 0 Å². The molecule has 0 saturated carbocycles. The number of Topliss-reactive ketones (excluding diaryl/α,β-unsaturated/α-hetero) is 1. The fraction of sp³-hybridized carbons (Fsp3) is 0.722. The van der Waals surface area contributed by atoms with Gasteiger partial charge in [0, 0.05) is 5.41 Å². The van der Waals surface area contributed by atoms with E-state index in [9.17, 15) is 22.8 Å². The predicted molar refractivity (Wildman–Crippen MR) is 102 cm³/mol. The number of ketones is 1. The number of carbonyl (C=O) groups is 3. The number of rotatable bonds is 8. The Morgan fingerprint density at radius 1 is 1.11 bits per heavy atom. The smallest absolute Gasteiger partial charge is 0.408 e. The van der Waals surface area contributed by atoms with Crippen LogP contribution >= 0.6 is 0 Å². The Labute approximate surface area is 161 Å². The number of hydrogen-bond donors (Lipinski definition) is 2. The third-order valence-corrected chi connectivity index (χ3v) is 5.66. The van der Waals surface area contributed by atoms with Crippen LogP contribution in [-0.4, -0.2) is 47.8 Å². The minimum absolute atomic E-state index is 0.0840. The van der Waals surface area contributed by atoms with Gasteiger partial charge in [0.2, 0.25) is 0 Å². The molecule has 9 heteroatoms. The Bertz CT molecular complexity index is 698. The maximum atomic E-state index is 13.1. The van der Waals surface area contributed by atoms with Crippen LogP contribution in [0.15, 0.2) is 12.0 Å². The largest absolute Gasteiger partial charge is 0.481 e. The SMILES string of the molecule is C=CS(=O)(=O)C(C)(CC(C)(C)C)C(=O)[C@H](CC(=O)O)NC(=O)OC(C)(C)C. The Kier molecular flexibility index (Phi) is 7.82. The number of hydrogen-bond acceptors (Lipinski definition) is 6. The Balaban J connectivity index is 6.04. The second-order valence-corrected chi connectivity index (χ2v) is 11.2. The molecule has 0 aromatic heterocycles. The number of carbonyl (C=O) groups excluding carboxylic acids is 2. The monoisotopic (exact) mass is 405 g/mol. The normalized spacial score (nSPS) is 16.0. The summed E-state index contributed by atoms with van der Waals surface area (Å²) in [5.41, 5.74) is -1.44. The van der Waals surface area contributed by atoms with Gasteiger partial charge < -0.3 is 15.2 Å². The Morgan fingerprint density at radius 3 is 1.93 bits per heavy atom. The molecule has 0 aliphatic rings. The molecule has 0 aliphatic carbocycles. The summed E-state index contributed by atoms with van der Waals surface area (Å²) in [5.74, 6) is -2.29. The molecule has 27 heavy (non-hydrogen) atoms. The summed E-state index contributed by atoms with van der Waals surface area (Å²) in [6.07, 6.45) is -1.86. The van der Waals surface area contributed by atoms with Gasteiger partial charge in [0.15, 0.2) is 15.6 Å². The molecule has 0 radical (unpaired) electrons. The molecular weight excluding hydrogens is 374 g/mol. The van der Waals surface area contributed by atoms with Gasteiger partial charge in [-0.1, -0.05) is 27.4 Å². The van der Waals surface area contributed by atoms with E-state index in [4.69, 9.17) is 9.84 Å².